The van der Waals surface area contributed by atoms with E-state index in [1.807, 2.05) is 43.3 Å². The first kappa shape index (κ1) is 58.7. The van der Waals surface area contributed by atoms with Crippen molar-refractivity contribution in [3.63, 3.8) is 0 Å². The highest BCUT2D eigenvalue weighted by atomic mass is 16.3. The largest absolute Gasteiger partial charge is 0.508 e. The quantitative estimate of drug-likeness (QED) is 0.0150. The van der Waals surface area contributed by atoms with E-state index in [4.69, 9.17) is 40.1 Å². The van der Waals surface area contributed by atoms with Crippen LogP contribution in [0, 0.1) is 6.92 Å². The van der Waals surface area contributed by atoms with Gasteiger partial charge in [0.1, 0.15) is 42.0 Å². The number of para-hydroxylation sites is 1. The molecule has 7 amide bonds. The Labute approximate surface area is 434 Å². The minimum Gasteiger partial charge on any atom is -0.508 e. The second-order valence-corrected chi connectivity index (χ2v) is 17.9. The van der Waals surface area contributed by atoms with Gasteiger partial charge in [-0.15, -0.1) is 0 Å². The lowest BCUT2D eigenvalue weighted by Gasteiger charge is -2.28. The van der Waals surface area contributed by atoms with Crippen molar-refractivity contribution in [2.45, 2.75) is 108 Å². The molecule has 0 spiro atoms. The fraction of sp³-hybridized carbons (Fsp3) is 0.400. The Balaban J connectivity index is 1.70. The molecule has 25 nitrogen and oxygen atoms in total. The van der Waals surface area contributed by atoms with Crippen molar-refractivity contribution in [1.82, 2.24) is 36.9 Å². The zero-order valence-electron chi connectivity index (χ0n) is 42.1. The number of hydrogen-bond acceptors (Lipinski definition) is 11. The number of hydrogen-bond donors (Lipinski definition) is 15. The number of nitrogens with one attached hydrogen (secondary N) is 7. The van der Waals surface area contributed by atoms with Gasteiger partial charge < -0.3 is 82.1 Å². The topological polar surface area (TPSA) is 447 Å². The summed E-state index contributed by atoms with van der Waals surface area (Å²) in [6.07, 6.45) is 2.20. The predicted octanol–water partition coefficient (Wildman–Crippen LogP) is -2.22. The highest BCUT2D eigenvalue weighted by Gasteiger charge is 2.34. The van der Waals surface area contributed by atoms with E-state index in [1.165, 1.54) is 19.1 Å². The Morgan fingerprint density at radius 2 is 0.893 bits per heavy atom. The second-order valence-electron chi connectivity index (χ2n) is 17.9. The third-order valence-electron chi connectivity index (χ3n) is 11.8. The molecular formula is C50H71N17O8. The van der Waals surface area contributed by atoms with Crippen molar-refractivity contribution in [3.8, 4) is 5.75 Å². The number of nitrogens with zero attached hydrogens (tertiary/aromatic N) is 3. The monoisotopic (exact) mass is 1040 g/mol. The summed E-state index contributed by atoms with van der Waals surface area (Å²) in [6.45, 7) is 3.49. The molecule has 0 aliphatic heterocycles. The zero-order valence-corrected chi connectivity index (χ0v) is 42.1. The number of nitrogens with two attached hydrogens (primary N) is 7. The molecule has 404 valence electrons. The molecule has 0 fully saturated rings. The van der Waals surface area contributed by atoms with Crippen molar-refractivity contribution < 1.29 is 38.7 Å². The average Bonchev–Trinajstić information content (AvgIpc) is 3.76. The fourth-order valence-corrected chi connectivity index (χ4v) is 7.92. The number of aliphatic imine (C=N–C) groups is 3. The molecule has 22 N–H and O–H groups in total. The van der Waals surface area contributed by atoms with Gasteiger partial charge in [0, 0.05) is 62.9 Å². The number of phenols is 1. The molecule has 75 heavy (non-hydrogen) atoms. The van der Waals surface area contributed by atoms with Crippen LogP contribution in [0.4, 0.5) is 0 Å². The van der Waals surface area contributed by atoms with Crippen LogP contribution in [0.2, 0.25) is 0 Å². The number of fused-ring (bicyclic) bond motifs is 1. The molecule has 4 rings (SSSR count). The molecule has 0 aliphatic rings. The van der Waals surface area contributed by atoms with Crippen molar-refractivity contribution in [2.24, 2.45) is 55.1 Å². The number of phenolic OH excluding ortho intramolecular Hbond substituents is 1. The minimum absolute atomic E-state index is 0.0449. The molecule has 0 saturated carbocycles. The smallest absolute Gasteiger partial charge is 0.243 e. The lowest BCUT2D eigenvalue weighted by Crippen LogP contribution is -2.60. The number of carbonyl (C=O) groups excluding carboxylic acids is 7. The van der Waals surface area contributed by atoms with Gasteiger partial charge in [0.2, 0.25) is 41.4 Å². The Hall–Kier alpha value is -8.90. The summed E-state index contributed by atoms with van der Waals surface area (Å²) in [7, 11) is 0. The number of amides is 7. The molecule has 4 aromatic rings. The van der Waals surface area contributed by atoms with Gasteiger partial charge in [0.15, 0.2) is 17.9 Å². The van der Waals surface area contributed by atoms with Gasteiger partial charge in [-0.25, -0.2) is 0 Å². The first-order valence-corrected chi connectivity index (χ1v) is 24.3. The summed E-state index contributed by atoms with van der Waals surface area (Å²) in [5.74, 6) is -5.84. The van der Waals surface area contributed by atoms with Crippen LogP contribution < -0.4 is 72.0 Å². The highest BCUT2D eigenvalue weighted by molar-refractivity contribution is 5.97. The summed E-state index contributed by atoms with van der Waals surface area (Å²) in [6, 6.07) is 12.6. The first-order chi connectivity index (χ1) is 35.7. The van der Waals surface area contributed by atoms with E-state index in [9.17, 15) is 38.7 Å². The Morgan fingerprint density at radius 3 is 1.35 bits per heavy atom. The second kappa shape index (κ2) is 29.6. The number of aryl methyl sites for hydroxylation is 1. The normalized spacial score (nSPS) is 13.3. The van der Waals surface area contributed by atoms with Gasteiger partial charge in [-0.05, 0) is 80.3 Å². The third kappa shape index (κ3) is 20.6. The Kier molecular flexibility index (Phi) is 23.1. The van der Waals surface area contributed by atoms with Crippen molar-refractivity contribution in [1.29, 1.82) is 0 Å². The van der Waals surface area contributed by atoms with Gasteiger partial charge in [0.05, 0.1) is 0 Å². The van der Waals surface area contributed by atoms with Crippen molar-refractivity contribution in [2.75, 3.05) is 19.6 Å². The maximum Gasteiger partial charge on any atom is 0.243 e. The molecule has 0 unspecified atom stereocenters. The average molecular weight is 1040 g/mol. The van der Waals surface area contributed by atoms with Gasteiger partial charge in [-0.3, -0.25) is 48.5 Å². The third-order valence-corrected chi connectivity index (χ3v) is 11.8. The van der Waals surface area contributed by atoms with Crippen LogP contribution >= 0.6 is 0 Å². The molecule has 0 aliphatic carbocycles. The van der Waals surface area contributed by atoms with Crippen molar-refractivity contribution in [3.05, 3.63) is 101 Å². The van der Waals surface area contributed by atoms with E-state index < -0.39 is 77.6 Å². The molecular weight excluding hydrogens is 967 g/mol. The molecule has 6 atom stereocenters. The van der Waals surface area contributed by atoms with Crippen LogP contribution in [0.5, 0.6) is 5.75 Å². The number of aromatic nitrogens is 1. The van der Waals surface area contributed by atoms with E-state index in [0.29, 0.717) is 23.1 Å². The maximum atomic E-state index is 14.7. The molecule has 25 heteroatoms. The van der Waals surface area contributed by atoms with Gasteiger partial charge >= 0.3 is 0 Å². The summed E-state index contributed by atoms with van der Waals surface area (Å²) in [5, 5.41) is 27.2. The minimum atomic E-state index is -1.43. The van der Waals surface area contributed by atoms with Crippen LogP contribution in [0.15, 0.2) is 94.0 Å². The predicted molar refractivity (Wildman–Crippen MR) is 285 cm³/mol. The van der Waals surface area contributed by atoms with Crippen LogP contribution in [-0.2, 0) is 52.8 Å². The molecule has 0 bridgehead atoms. The Bertz CT molecular complexity index is 2660. The fourth-order valence-electron chi connectivity index (χ4n) is 7.92. The molecule has 0 radical (unpaired) electrons. The van der Waals surface area contributed by atoms with Gasteiger partial charge in [-0.1, -0.05) is 60.2 Å². The summed E-state index contributed by atoms with van der Waals surface area (Å²) >= 11 is 0. The summed E-state index contributed by atoms with van der Waals surface area (Å²) < 4.78 is 0. The van der Waals surface area contributed by atoms with Crippen LogP contribution in [0.1, 0.15) is 67.7 Å². The summed E-state index contributed by atoms with van der Waals surface area (Å²) in [4.78, 5) is 112. The highest BCUT2D eigenvalue weighted by Crippen LogP contribution is 2.20. The van der Waals surface area contributed by atoms with E-state index >= 15 is 0 Å². The first-order valence-electron chi connectivity index (χ1n) is 24.3. The number of rotatable bonds is 30. The van der Waals surface area contributed by atoms with E-state index in [-0.39, 0.29) is 94.6 Å². The number of H-pyrrole nitrogens is 1. The van der Waals surface area contributed by atoms with E-state index in [2.05, 4.69) is 51.9 Å². The lowest BCUT2D eigenvalue weighted by molar-refractivity contribution is -0.135. The Morgan fingerprint density at radius 1 is 0.507 bits per heavy atom. The molecule has 3 aromatic carbocycles. The standard InChI is InChI=1S/C50H71N17O8/c1-28-13-15-30(16-14-28)24-40(65-43(71)37(62-29(2)68)11-6-22-59-49(54)55)46(74)66-39(25-31-17-19-33(69)20-18-31)45(73)64-38(12-7-23-60-50(56)57)44(72)67-41(26-32-27-61-35-9-4-3-8-34(32)35)47(75)63-36(42(51)70)10-5-21-58-48(52)53/h3-4,8-9,13-20,27,36-41,61,69H,5-7,10-12,21-26H2,1-2H3,(H2,51,70)(H,62,68)(H,63,75)(H,64,73)(H,65,71)(H,66,74)(H,67,72)(H4,52,53,58)(H4,54,55,59)(H4,56,57,60)/t36-,37-,38-,39-,40-,41-/m0/s1. The van der Waals surface area contributed by atoms with E-state index in [0.717, 1.165) is 16.5 Å². The number of benzene rings is 3. The number of guanidine groups is 3. The number of aromatic hydroxyl groups is 1. The van der Waals surface area contributed by atoms with Crippen LogP contribution in [0.3, 0.4) is 0 Å². The SMILES string of the molecule is CC(=O)N[C@@H](CCCN=C(N)N)C(=O)N[C@@H](Cc1ccc(C)cc1)C(=O)N[C@@H](Cc1ccc(O)cc1)C(=O)N[C@@H](CCCN=C(N)N)C(=O)N[C@@H](Cc1c[nH]c2ccccc12)C(=O)N[C@@H](CCCN=C(N)N)C(N)=O. The van der Waals surface area contributed by atoms with Gasteiger partial charge in [-0.2, -0.15) is 0 Å². The van der Waals surface area contributed by atoms with Crippen LogP contribution in [-0.4, -0.2) is 125 Å². The molecule has 1 heterocycles. The zero-order chi connectivity index (χ0) is 55.0. The molecule has 0 saturated heterocycles. The molecule has 1 aromatic heterocycles. The van der Waals surface area contributed by atoms with E-state index in [1.54, 1.807) is 30.5 Å². The van der Waals surface area contributed by atoms with Gasteiger partial charge in [0.25, 0.3) is 0 Å². The van der Waals surface area contributed by atoms with Crippen LogP contribution in [0.25, 0.3) is 10.9 Å². The van der Waals surface area contributed by atoms with Crippen molar-refractivity contribution >= 4 is 70.1 Å². The number of aromatic amines is 1. The maximum absolute atomic E-state index is 14.7. The number of carbonyl (C=O) groups is 7. The summed E-state index contributed by atoms with van der Waals surface area (Å²) in [5.41, 5.74) is 42.2. The number of primary amides is 1. The lowest BCUT2D eigenvalue weighted by atomic mass is 10.00.